The number of piperidine rings is 1. The molecule has 0 bridgehead atoms. The molecule has 2 N–H and O–H groups in total. The van der Waals surface area contributed by atoms with Gasteiger partial charge in [-0.2, -0.15) is 0 Å². The van der Waals surface area contributed by atoms with Gasteiger partial charge in [0.1, 0.15) is 5.69 Å². The molecule has 0 saturated carbocycles. The molecule has 110 valence electrons. The van der Waals surface area contributed by atoms with E-state index in [0.29, 0.717) is 24.1 Å². The molecule has 1 saturated heterocycles. The maximum Gasteiger partial charge on any atom is 0.333 e. The molecule has 1 aliphatic rings. The van der Waals surface area contributed by atoms with Crippen LogP contribution in [0, 0.1) is 10.1 Å². The van der Waals surface area contributed by atoms with Gasteiger partial charge in [0.2, 0.25) is 0 Å². The quantitative estimate of drug-likeness (QED) is 0.640. The molecule has 1 fully saturated rings. The third-order valence-electron chi connectivity index (χ3n) is 3.58. The Hall–Kier alpha value is -1.82. The number of nitro groups is 1. The van der Waals surface area contributed by atoms with E-state index in [1.807, 2.05) is 6.92 Å². The molecule has 0 spiro atoms. The largest absolute Gasteiger partial charge is 0.487 e. The number of nitrogens with one attached hydrogen (secondary N) is 2. The zero-order chi connectivity index (χ0) is 14.5. The molecular weight excluding hydrogens is 258 g/mol. The number of rotatable bonds is 5. The van der Waals surface area contributed by atoms with Crippen LogP contribution in [0.25, 0.3) is 0 Å². The van der Waals surface area contributed by atoms with Gasteiger partial charge in [-0.15, -0.1) is 0 Å². The number of benzene rings is 1. The maximum atomic E-state index is 11.3. The van der Waals surface area contributed by atoms with Crippen molar-refractivity contribution in [2.24, 2.45) is 0 Å². The first-order valence-electron chi connectivity index (χ1n) is 7.03. The van der Waals surface area contributed by atoms with Crippen LogP contribution in [0.1, 0.15) is 26.7 Å². The summed E-state index contributed by atoms with van der Waals surface area (Å²) in [5.41, 5.74) is 0.550. The van der Waals surface area contributed by atoms with Crippen molar-refractivity contribution in [3.8, 4) is 5.75 Å². The molecule has 0 aromatic heterocycles. The second-order valence-electron chi connectivity index (χ2n) is 4.98. The average molecular weight is 279 g/mol. The average Bonchev–Trinajstić information content (AvgIpc) is 2.41. The predicted molar refractivity (Wildman–Crippen MR) is 78.4 cm³/mol. The molecule has 1 aromatic rings. The van der Waals surface area contributed by atoms with Crippen molar-refractivity contribution >= 4 is 11.4 Å². The van der Waals surface area contributed by atoms with Crippen LogP contribution in [0.3, 0.4) is 0 Å². The maximum absolute atomic E-state index is 11.3. The SMILES string of the molecule is CCOc1cccc(NC2CCCNC2C)c1[N+](=O)[O-]. The number of nitro benzene ring substituents is 1. The van der Waals surface area contributed by atoms with Gasteiger partial charge >= 0.3 is 5.69 Å². The molecular formula is C14H21N3O3. The smallest absolute Gasteiger partial charge is 0.333 e. The van der Waals surface area contributed by atoms with Gasteiger partial charge in [0.25, 0.3) is 0 Å². The van der Waals surface area contributed by atoms with Gasteiger partial charge in [-0.3, -0.25) is 10.1 Å². The molecule has 2 rings (SSSR count). The van der Waals surface area contributed by atoms with Crippen LogP contribution in [-0.2, 0) is 0 Å². The van der Waals surface area contributed by atoms with E-state index in [1.165, 1.54) is 0 Å². The van der Waals surface area contributed by atoms with Crippen LogP contribution in [0.15, 0.2) is 18.2 Å². The van der Waals surface area contributed by atoms with E-state index >= 15 is 0 Å². The summed E-state index contributed by atoms with van der Waals surface area (Å²) in [6.07, 6.45) is 2.07. The number of hydrogen-bond acceptors (Lipinski definition) is 5. The fraction of sp³-hybridized carbons (Fsp3) is 0.571. The summed E-state index contributed by atoms with van der Waals surface area (Å²) in [5, 5.41) is 18.0. The standard InChI is InChI=1S/C14H21N3O3/c1-3-20-13-8-4-6-12(14(13)17(18)19)16-11-7-5-9-15-10(11)2/h4,6,8,10-11,15-16H,3,5,7,9H2,1-2H3. The van der Waals surface area contributed by atoms with Crippen molar-refractivity contribution in [2.75, 3.05) is 18.5 Å². The fourth-order valence-corrected chi connectivity index (χ4v) is 2.54. The summed E-state index contributed by atoms with van der Waals surface area (Å²) in [5.74, 6) is 0.318. The molecule has 2 atom stereocenters. The molecule has 2 unspecified atom stereocenters. The van der Waals surface area contributed by atoms with E-state index in [1.54, 1.807) is 18.2 Å². The van der Waals surface area contributed by atoms with Gasteiger partial charge in [0.15, 0.2) is 5.75 Å². The van der Waals surface area contributed by atoms with Crippen molar-refractivity contribution in [3.05, 3.63) is 28.3 Å². The van der Waals surface area contributed by atoms with E-state index in [-0.39, 0.29) is 16.7 Å². The van der Waals surface area contributed by atoms with Crippen LogP contribution >= 0.6 is 0 Å². The topological polar surface area (TPSA) is 76.4 Å². The molecule has 20 heavy (non-hydrogen) atoms. The Morgan fingerprint density at radius 2 is 2.35 bits per heavy atom. The Morgan fingerprint density at radius 3 is 3.00 bits per heavy atom. The highest BCUT2D eigenvalue weighted by Crippen LogP contribution is 2.35. The van der Waals surface area contributed by atoms with Gasteiger partial charge in [0.05, 0.1) is 11.5 Å². The number of ether oxygens (including phenoxy) is 1. The Balaban J connectivity index is 2.26. The van der Waals surface area contributed by atoms with E-state index in [4.69, 9.17) is 4.74 Å². The lowest BCUT2D eigenvalue weighted by atomic mass is 9.99. The minimum Gasteiger partial charge on any atom is -0.487 e. The highest BCUT2D eigenvalue weighted by molar-refractivity contribution is 5.68. The van der Waals surface area contributed by atoms with E-state index in [9.17, 15) is 10.1 Å². The second-order valence-corrected chi connectivity index (χ2v) is 4.98. The number of anilines is 1. The Bertz CT molecular complexity index is 479. The van der Waals surface area contributed by atoms with Gasteiger partial charge in [-0.25, -0.2) is 0 Å². The summed E-state index contributed by atoms with van der Waals surface area (Å²) in [4.78, 5) is 10.9. The van der Waals surface area contributed by atoms with E-state index in [0.717, 1.165) is 19.4 Å². The van der Waals surface area contributed by atoms with E-state index in [2.05, 4.69) is 17.6 Å². The van der Waals surface area contributed by atoms with Crippen molar-refractivity contribution in [2.45, 2.75) is 38.8 Å². The lowest BCUT2D eigenvalue weighted by Crippen LogP contribution is -2.46. The normalized spacial score (nSPS) is 22.3. The van der Waals surface area contributed by atoms with Gasteiger partial charge in [-0.05, 0) is 45.4 Å². The highest BCUT2D eigenvalue weighted by atomic mass is 16.6. The van der Waals surface area contributed by atoms with Crippen molar-refractivity contribution in [1.82, 2.24) is 5.32 Å². The molecule has 6 heteroatoms. The number of para-hydroxylation sites is 1. The van der Waals surface area contributed by atoms with Crippen LogP contribution < -0.4 is 15.4 Å². The third-order valence-corrected chi connectivity index (χ3v) is 3.58. The molecule has 0 radical (unpaired) electrons. The van der Waals surface area contributed by atoms with Crippen LogP contribution in [0.5, 0.6) is 5.75 Å². The molecule has 1 aliphatic heterocycles. The minimum absolute atomic E-state index is 0.0205. The zero-order valence-corrected chi connectivity index (χ0v) is 11.9. The fourth-order valence-electron chi connectivity index (χ4n) is 2.54. The van der Waals surface area contributed by atoms with Gasteiger partial charge in [-0.1, -0.05) is 6.07 Å². The first-order chi connectivity index (χ1) is 9.63. The first kappa shape index (κ1) is 14.6. The van der Waals surface area contributed by atoms with Gasteiger partial charge in [0, 0.05) is 12.1 Å². The van der Waals surface area contributed by atoms with Gasteiger partial charge < -0.3 is 15.4 Å². The van der Waals surface area contributed by atoms with Crippen molar-refractivity contribution < 1.29 is 9.66 Å². The zero-order valence-electron chi connectivity index (χ0n) is 11.9. The number of nitrogens with zero attached hydrogens (tertiary/aromatic N) is 1. The predicted octanol–water partition coefficient (Wildman–Crippen LogP) is 2.55. The molecule has 1 aromatic carbocycles. The molecule has 1 heterocycles. The van der Waals surface area contributed by atoms with Crippen molar-refractivity contribution in [3.63, 3.8) is 0 Å². The van der Waals surface area contributed by atoms with E-state index < -0.39 is 0 Å². The lowest BCUT2D eigenvalue weighted by molar-refractivity contribution is -0.385. The molecule has 6 nitrogen and oxygen atoms in total. The minimum atomic E-state index is -0.381. The monoisotopic (exact) mass is 279 g/mol. The molecule has 0 amide bonds. The number of hydrogen-bond donors (Lipinski definition) is 2. The lowest BCUT2D eigenvalue weighted by Gasteiger charge is -2.31. The Labute approximate surface area is 118 Å². The van der Waals surface area contributed by atoms with Crippen molar-refractivity contribution in [1.29, 1.82) is 0 Å². The Kier molecular flexibility index (Phi) is 4.79. The molecule has 0 aliphatic carbocycles. The van der Waals surface area contributed by atoms with Crippen LogP contribution in [0.2, 0.25) is 0 Å². The summed E-state index contributed by atoms with van der Waals surface area (Å²) >= 11 is 0. The Morgan fingerprint density at radius 1 is 1.55 bits per heavy atom. The second kappa shape index (κ2) is 6.56. The summed E-state index contributed by atoms with van der Waals surface area (Å²) in [7, 11) is 0. The summed E-state index contributed by atoms with van der Waals surface area (Å²) in [6, 6.07) is 5.64. The highest BCUT2D eigenvalue weighted by Gasteiger charge is 2.26. The summed E-state index contributed by atoms with van der Waals surface area (Å²) in [6.45, 7) is 5.32. The van der Waals surface area contributed by atoms with Crippen LogP contribution in [-0.4, -0.2) is 30.2 Å². The summed E-state index contributed by atoms with van der Waals surface area (Å²) < 4.78 is 5.36. The first-order valence-corrected chi connectivity index (χ1v) is 7.03. The third kappa shape index (κ3) is 3.19. The van der Waals surface area contributed by atoms with Crippen LogP contribution in [0.4, 0.5) is 11.4 Å².